The molecule has 0 fully saturated rings. The van der Waals surface area contributed by atoms with Crippen molar-refractivity contribution in [3.8, 4) is 6.07 Å². The van der Waals surface area contributed by atoms with Crippen molar-refractivity contribution in [2.45, 2.75) is 33.6 Å². The van der Waals surface area contributed by atoms with Gasteiger partial charge in [-0.1, -0.05) is 17.2 Å². The summed E-state index contributed by atoms with van der Waals surface area (Å²) in [5.74, 6) is 0. The molecule has 11 heavy (non-hydrogen) atoms. The molecule has 0 atom stereocenters. The van der Waals surface area contributed by atoms with Gasteiger partial charge >= 0.3 is 0 Å². The molecule has 0 saturated heterocycles. The molecule has 0 aromatic rings. The highest BCUT2D eigenvalue weighted by Crippen LogP contribution is 2.05. The summed E-state index contributed by atoms with van der Waals surface area (Å²) in [6.45, 7) is 6.16. The van der Waals surface area contributed by atoms with Gasteiger partial charge in [-0.05, 0) is 33.6 Å². The maximum atomic E-state index is 8.30. The van der Waals surface area contributed by atoms with Gasteiger partial charge in [-0.2, -0.15) is 5.26 Å². The van der Waals surface area contributed by atoms with E-state index in [4.69, 9.17) is 5.26 Å². The molecule has 1 nitrogen and oxygen atoms in total. The van der Waals surface area contributed by atoms with E-state index in [2.05, 4.69) is 19.9 Å². The van der Waals surface area contributed by atoms with E-state index in [1.165, 1.54) is 5.57 Å². The van der Waals surface area contributed by atoms with Gasteiger partial charge in [-0.3, -0.25) is 0 Å². The van der Waals surface area contributed by atoms with E-state index < -0.39 is 0 Å². The first-order chi connectivity index (χ1) is 5.16. The number of nitrogens with zero attached hydrogens (tertiary/aromatic N) is 1. The van der Waals surface area contributed by atoms with Gasteiger partial charge < -0.3 is 0 Å². The van der Waals surface area contributed by atoms with Gasteiger partial charge in [-0.15, -0.1) is 0 Å². The Labute approximate surface area is 69.0 Å². The van der Waals surface area contributed by atoms with Crippen LogP contribution in [0.2, 0.25) is 0 Å². The fourth-order valence-corrected chi connectivity index (χ4v) is 0.771. The smallest absolute Gasteiger partial charge is 0.0911 e. The van der Waals surface area contributed by atoms with E-state index in [1.54, 1.807) is 6.08 Å². The highest BCUT2D eigenvalue weighted by Gasteiger charge is 1.86. The number of rotatable bonds is 3. The van der Waals surface area contributed by atoms with E-state index in [1.807, 2.05) is 13.0 Å². The normalized spacial score (nSPS) is 10.5. The minimum atomic E-state index is 0.999. The Hall–Kier alpha value is -1.03. The van der Waals surface area contributed by atoms with Crippen LogP contribution in [0.3, 0.4) is 0 Å². The Morgan fingerprint density at radius 2 is 2.00 bits per heavy atom. The summed E-state index contributed by atoms with van der Waals surface area (Å²) in [6, 6.07) is 2.02. The topological polar surface area (TPSA) is 23.8 Å². The second-order valence-corrected chi connectivity index (χ2v) is 2.94. The Bertz CT molecular complexity index is 199. The number of nitriles is 1. The van der Waals surface area contributed by atoms with Crippen molar-refractivity contribution in [3.05, 3.63) is 23.3 Å². The maximum absolute atomic E-state index is 8.30. The molecule has 0 aromatic heterocycles. The fraction of sp³-hybridized carbons (Fsp3) is 0.500. The predicted molar refractivity (Wildman–Crippen MR) is 48.0 cm³/mol. The molecule has 0 heterocycles. The first-order valence-corrected chi connectivity index (χ1v) is 3.85. The molecule has 0 saturated carbocycles. The number of allylic oxidation sites excluding steroid dienone is 4. The van der Waals surface area contributed by atoms with Crippen LogP contribution in [0.15, 0.2) is 23.3 Å². The Kier molecular flexibility index (Phi) is 5.20. The molecule has 0 aliphatic heterocycles. The lowest BCUT2D eigenvalue weighted by molar-refractivity contribution is 0.968. The second-order valence-electron chi connectivity index (χ2n) is 2.94. The lowest BCUT2D eigenvalue weighted by Crippen LogP contribution is -1.75. The summed E-state index contributed by atoms with van der Waals surface area (Å²) in [6.07, 6.45) is 5.85. The third kappa shape index (κ3) is 6.86. The van der Waals surface area contributed by atoms with Crippen LogP contribution in [0.25, 0.3) is 0 Å². The first kappa shape index (κ1) is 9.97. The molecule has 0 aliphatic rings. The third-order valence-electron chi connectivity index (χ3n) is 1.40. The lowest BCUT2D eigenvalue weighted by Gasteiger charge is -1.94. The molecule has 0 unspecified atom stereocenters. The van der Waals surface area contributed by atoms with Crippen molar-refractivity contribution in [3.63, 3.8) is 0 Å². The zero-order chi connectivity index (χ0) is 8.69. The maximum Gasteiger partial charge on any atom is 0.0911 e. The van der Waals surface area contributed by atoms with Gasteiger partial charge in [0.15, 0.2) is 0 Å². The minimum absolute atomic E-state index is 0.999. The van der Waals surface area contributed by atoms with Crippen LogP contribution in [0.4, 0.5) is 0 Å². The molecule has 0 bridgehead atoms. The van der Waals surface area contributed by atoms with Crippen LogP contribution in [0, 0.1) is 11.3 Å². The van der Waals surface area contributed by atoms with Crippen LogP contribution in [0.5, 0.6) is 0 Å². The van der Waals surface area contributed by atoms with Crippen LogP contribution in [-0.2, 0) is 0 Å². The largest absolute Gasteiger partial charge is 0.193 e. The van der Waals surface area contributed by atoms with E-state index >= 15 is 0 Å². The Morgan fingerprint density at radius 1 is 1.36 bits per heavy atom. The summed E-state index contributed by atoms with van der Waals surface area (Å²) >= 11 is 0. The highest BCUT2D eigenvalue weighted by molar-refractivity contribution is 5.11. The van der Waals surface area contributed by atoms with Crippen molar-refractivity contribution in [1.82, 2.24) is 0 Å². The first-order valence-electron chi connectivity index (χ1n) is 3.85. The number of hydrogen-bond donors (Lipinski definition) is 0. The zero-order valence-corrected chi connectivity index (χ0v) is 7.52. The molecule has 60 valence electrons. The average Bonchev–Trinajstić information content (AvgIpc) is 1.87. The summed E-state index contributed by atoms with van der Waals surface area (Å²) in [7, 11) is 0. The van der Waals surface area contributed by atoms with Crippen LogP contribution in [-0.4, -0.2) is 0 Å². The number of hydrogen-bond acceptors (Lipinski definition) is 1. The SMILES string of the molecule is CC(C)=CCC/C(C)=C\C#N. The van der Waals surface area contributed by atoms with Crippen LogP contribution >= 0.6 is 0 Å². The standard InChI is InChI=1S/C10H15N/c1-9(2)5-4-6-10(3)7-8-11/h5,7H,4,6H2,1-3H3/b10-7-. The molecule has 0 amide bonds. The minimum Gasteiger partial charge on any atom is -0.193 e. The van der Waals surface area contributed by atoms with Gasteiger partial charge in [0.25, 0.3) is 0 Å². The van der Waals surface area contributed by atoms with E-state index in [-0.39, 0.29) is 0 Å². The van der Waals surface area contributed by atoms with Crippen molar-refractivity contribution in [2.75, 3.05) is 0 Å². The molecule has 0 radical (unpaired) electrons. The lowest BCUT2D eigenvalue weighted by atomic mass is 10.1. The Balaban J connectivity index is 3.65. The van der Waals surface area contributed by atoms with E-state index in [0.29, 0.717) is 0 Å². The quantitative estimate of drug-likeness (QED) is 0.446. The summed E-state index contributed by atoms with van der Waals surface area (Å²) < 4.78 is 0. The average molecular weight is 149 g/mol. The molecule has 1 heteroatoms. The fourth-order valence-electron chi connectivity index (χ4n) is 0.771. The predicted octanol–water partition coefficient (Wildman–Crippen LogP) is 3.20. The van der Waals surface area contributed by atoms with E-state index in [0.717, 1.165) is 18.4 Å². The van der Waals surface area contributed by atoms with Crippen molar-refractivity contribution in [1.29, 1.82) is 5.26 Å². The third-order valence-corrected chi connectivity index (χ3v) is 1.40. The van der Waals surface area contributed by atoms with Gasteiger partial charge in [0.2, 0.25) is 0 Å². The van der Waals surface area contributed by atoms with Gasteiger partial charge in [-0.25, -0.2) is 0 Å². The summed E-state index contributed by atoms with van der Waals surface area (Å²) in [5.41, 5.74) is 2.50. The molecule has 0 rings (SSSR count). The van der Waals surface area contributed by atoms with Crippen LogP contribution in [0.1, 0.15) is 33.6 Å². The van der Waals surface area contributed by atoms with Gasteiger partial charge in [0.05, 0.1) is 6.07 Å². The second kappa shape index (κ2) is 5.73. The van der Waals surface area contributed by atoms with Crippen molar-refractivity contribution in [2.24, 2.45) is 0 Å². The molecule has 0 spiro atoms. The molecular weight excluding hydrogens is 134 g/mol. The molecule has 0 aliphatic carbocycles. The van der Waals surface area contributed by atoms with Gasteiger partial charge in [0, 0.05) is 6.08 Å². The van der Waals surface area contributed by atoms with E-state index in [9.17, 15) is 0 Å². The monoisotopic (exact) mass is 149 g/mol. The Morgan fingerprint density at radius 3 is 2.45 bits per heavy atom. The summed E-state index contributed by atoms with van der Waals surface area (Å²) in [5, 5.41) is 8.30. The van der Waals surface area contributed by atoms with Gasteiger partial charge in [0.1, 0.15) is 0 Å². The molecular formula is C10H15N. The van der Waals surface area contributed by atoms with Crippen molar-refractivity contribution >= 4 is 0 Å². The zero-order valence-electron chi connectivity index (χ0n) is 7.52. The molecule has 0 N–H and O–H groups in total. The van der Waals surface area contributed by atoms with Crippen molar-refractivity contribution < 1.29 is 0 Å². The van der Waals surface area contributed by atoms with Crippen LogP contribution < -0.4 is 0 Å². The molecule has 0 aromatic carbocycles. The summed E-state index contributed by atoms with van der Waals surface area (Å²) in [4.78, 5) is 0. The highest BCUT2D eigenvalue weighted by atomic mass is 14.2.